The van der Waals surface area contributed by atoms with E-state index in [9.17, 15) is 9.59 Å². The van der Waals surface area contributed by atoms with E-state index in [-0.39, 0.29) is 11.8 Å². The number of hydrogen-bond acceptors (Lipinski definition) is 12. The number of morpholine rings is 2. The van der Waals surface area contributed by atoms with Gasteiger partial charge in [0.25, 0.3) is 0 Å². The SMILES string of the molecule is CC(=O)Nc1cc(N)nc(N2CCOCC2)n1.CC(=O)Nc1nc(N2CCOCC2)nc(N)c1Br. The van der Waals surface area contributed by atoms with Gasteiger partial charge in [-0.25, -0.2) is 0 Å². The monoisotopic (exact) mass is 552 g/mol. The molecule has 4 heterocycles. The lowest BCUT2D eigenvalue weighted by Crippen LogP contribution is -2.37. The number of hydrogen-bond donors (Lipinski definition) is 4. The molecule has 2 aromatic heterocycles. The molecule has 190 valence electrons. The molecule has 0 unspecified atom stereocenters. The zero-order valence-corrected chi connectivity index (χ0v) is 21.2. The van der Waals surface area contributed by atoms with Crippen LogP contribution in [-0.2, 0) is 19.1 Å². The minimum absolute atomic E-state index is 0.184. The van der Waals surface area contributed by atoms with Crippen LogP contribution in [0.4, 0.5) is 35.2 Å². The third kappa shape index (κ3) is 7.87. The summed E-state index contributed by atoms with van der Waals surface area (Å²) in [6.45, 7) is 8.27. The lowest BCUT2D eigenvalue weighted by atomic mass is 10.4. The predicted octanol–water partition coefficient (Wildman–Crippen LogP) is 0.470. The number of ether oxygens (including phenoxy) is 2. The number of aromatic nitrogens is 4. The largest absolute Gasteiger partial charge is 0.383 e. The zero-order chi connectivity index (χ0) is 25.4. The summed E-state index contributed by atoms with van der Waals surface area (Å²) in [6, 6.07) is 1.53. The zero-order valence-electron chi connectivity index (χ0n) is 19.6. The second-order valence-corrected chi connectivity index (χ2v) is 8.40. The average molecular weight is 553 g/mol. The van der Waals surface area contributed by atoms with E-state index in [0.29, 0.717) is 79.2 Å². The van der Waals surface area contributed by atoms with Crippen LogP contribution in [-0.4, -0.2) is 84.4 Å². The van der Waals surface area contributed by atoms with Crippen molar-refractivity contribution in [2.24, 2.45) is 0 Å². The molecule has 0 aliphatic carbocycles. The van der Waals surface area contributed by atoms with Crippen molar-refractivity contribution in [3.8, 4) is 0 Å². The van der Waals surface area contributed by atoms with Gasteiger partial charge >= 0.3 is 0 Å². The van der Waals surface area contributed by atoms with E-state index in [1.54, 1.807) is 0 Å². The van der Waals surface area contributed by atoms with Crippen molar-refractivity contribution in [1.82, 2.24) is 19.9 Å². The Bertz CT molecular complexity index is 1040. The molecule has 2 fully saturated rings. The molecule has 6 N–H and O–H groups in total. The smallest absolute Gasteiger partial charge is 0.229 e. The minimum Gasteiger partial charge on any atom is -0.383 e. The standard InChI is InChI=1S/C10H14BrN5O2.C10H15N5O2/c1-6(17)13-9-7(11)8(12)14-10(15-9)16-2-4-18-5-3-16;1-7(16)12-9-6-8(11)13-10(14-9)15-2-4-17-5-3-15/h2-5H2,1H3,(H3,12,13,14,15,17);6H,2-5H2,1H3,(H3,11,12,13,14,16). The number of nitrogen functional groups attached to an aromatic ring is 2. The Morgan fingerprint density at radius 3 is 1.89 bits per heavy atom. The van der Waals surface area contributed by atoms with Gasteiger partial charge in [-0.15, -0.1) is 0 Å². The summed E-state index contributed by atoms with van der Waals surface area (Å²) in [7, 11) is 0. The van der Waals surface area contributed by atoms with Gasteiger partial charge in [0.05, 0.1) is 26.4 Å². The highest BCUT2D eigenvalue weighted by Gasteiger charge is 2.18. The molecule has 2 aromatic rings. The Morgan fingerprint density at radius 2 is 1.37 bits per heavy atom. The quantitative estimate of drug-likeness (QED) is 0.411. The summed E-state index contributed by atoms with van der Waals surface area (Å²) >= 11 is 3.26. The first-order valence-electron chi connectivity index (χ1n) is 10.9. The highest BCUT2D eigenvalue weighted by Crippen LogP contribution is 2.28. The predicted molar refractivity (Wildman–Crippen MR) is 135 cm³/mol. The number of rotatable bonds is 4. The molecule has 15 heteroatoms. The molecule has 0 bridgehead atoms. The van der Waals surface area contributed by atoms with E-state index in [4.69, 9.17) is 20.9 Å². The lowest BCUT2D eigenvalue weighted by molar-refractivity contribution is -0.115. The number of carbonyl (C=O) groups is 2. The fraction of sp³-hybridized carbons (Fsp3) is 0.500. The molecule has 0 radical (unpaired) electrons. The number of halogens is 1. The van der Waals surface area contributed by atoms with Crippen LogP contribution < -0.4 is 31.9 Å². The maximum Gasteiger partial charge on any atom is 0.229 e. The Labute approximate surface area is 210 Å². The highest BCUT2D eigenvalue weighted by atomic mass is 79.9. The minimum atomic E-state index is -0.207. The number of carbonyl (C=O) groups excluding carboxylic acids is 2. The second-order valence-electron chi connectivity index (χ2n) is 7.61. The van der Waals surface area contributed by atoms with Crippen molar-refractivity contribution in [2.45, 2.75) is 13.8 Å². The summed E-state index contributed by atoms with van der Waals surface area (Å²) in [5, 5.41) is 5.22. The first-order chi connectivity index (χ1) is 16.7. The Kier molecular flexibility index (Phi) is 9.33. The fourth-order valence-electron chi connectivity index (χ4n) is 3.21. The molecule has 2 saturated heterocycles. The van der Waals surface area contributed by atoms with Crippen LogP contribution in [0.15, 0.2) is 10.5 Å². The van der Waals surface area contributed by atoms with Crippen LogP contribution in [0.25, 0.3) is 0 Å². The van der Waals surface area contributed by atoms with Gasteiger partial charge in [0.15, 0.2) is 5.82 Å². The van der Waals surface area contributed by atoms with E-state index in [1.165, 1.54) is 19.9 Å². The maximum absolute atomic E-state index is 11.1. The number of nitrogens with zero attached hydrogens (tertiary/aromatic N) is 6. The molecule has 0 aromatic carbocycles. The van der Waals surface area contributed by atoms with Crippen molar-refractivity contribution >= 4 is 62.9 Å². The molecule has 0 saturated carbocycles. The van der Waals surface area contributed by atoms with Gasteiger partial charge in [0, 0.05) is 46.1 Å². The van der Waals surface area contributed by atoms with Crippen LogP contribution in [0.1, 0.15) is 13.8 Å². The molecule has 0 spiro atoms. The summed E-state index contributed by atoms with van der Waals surface area (Å²) in [6.07, 6.45) is 0. The van der Waals surface area contributed by atoms with Crippen LogP contribution in [0.2, 0.25) is 0 Å². The number of amides is 2. The van der Waals surface area contributed by atoms with Crippen LogP contribution >= 0.6 is 15.9 Å². The van der Waals surface area contributed by atoms with Gasteiger partial charge in [-0.3, -0.25) is 9.59 Å². The molecule has 0 atom stereocenters. The number of nitrogens with one attached hydrogen (secondary N) is 2. The van der Waals surface area contributed by atoms with E-state index in [0.717, 1.165) is 13.1 Å². The average Bonchev–Trinajstić information content (AvgIpc) is 2.82. The number of nitrogens with two attached hydrogens (primary N) is 2. The third-order valence-electron chi connectivity index (χ3n) is 4.79. The number of anilines is 6. The van der Waals surface area contributed by atoms with E-state index >= 15 is 0 Å². The summed E-state index contributed by atoms with van der Waals surface area (Å²) in [5.74, 6) is 2.08. The summed E-state index contributed by atoms with van der Waals surface area (Å²) in [5.41, 5.74) is 11.5. The first-order valence-corrected chi connectivity index (χ1v) is 11.7. The Balaban J connectivity index is 0.000000196. The maximum atomic E-state index is 11.1. The summed E-state index contributed by atoms with van der Waals surface area (Å²) < 4.78 is 11.0. The highest BCUT2D eigenvalue weighted by molar-refractivity contribution is 9.10. The van der Waals surface area contributed by atoms with Crippen molar-refractivity contribution in [3.63, 3.8) is 0 Å². The normalized spacial score (nSPS) is 15.6. The van der Waals surface area contributed by atoms with Crippen LogP contribution in [0, 0.1) is 0 Å². The second kappa shape index (κ2) is 12.4. The lowest BCUT2D eigenvalue weighted by Gasteiger charge is -2.27. The van der Waals surface area contributed by atoms with Crippen molar-refractivity contribution < 1.29 is 19.1 Å². The van der Waals surface area contributed by atoms with Gasteiger partial charge in [0.2, 0.25) is 23.7 Å². The molecule has 2 amide bonds. The van der Waals surface area contributed by atoms with E-state index in [2.05, 4.69) is 46.5 Å². The third-order valence-corrected chi connectivity index (χ3v) is 5.57. The van der Waals surface area contributed by atoms with Gasteiger partial charge in [-0.05, 0) is 15.9 Å². The van der Waals surface area contributed by atoms with Crippen LogP contribution in [0.3, 0.4) is 0 Å². The van der Waals surface area contributed by atoms with Crippen molar-refractivity contribution in [2.75, 3.05) is 84.5 Å². The van der Waals surface area contributed by atoms with Crippen LogP contribution in [0.5, 0.6) is 0 Å². The van der Waals surface area contributed by atoms with Crippen molar-refractivity contribution in [3.05, 3.63) is 10.5 Å². The van der Waals surface area contributed by atoms with E-state index in [1.807, 2.05) is 9.80 Å². The summed E-state index contributed by atoms with van der Waals surface area (Å²) in [4.78, 5) is 42.9. The van der Waals surface area contributed by atoms with Gasteiger partial charge in [0.1, 0.15) is 21.9 Å². The van der Waals surface area contributed by atoms with Crippen molar-refractivity contribution in [1.29, 1.82) is 0 Å². The molecule has 4 rings (SSSR count). The van der Waals surface area contributed by atoms with E-state index < -0.39 is 0 Å². The molecular formula is C20H29BrN10O4. The fourth-order valence-corrected chi connectivity index (χ4v) is 3.48. The topological polar surface area (TPSA) is 187 Å². The Morgan fingerprint density at radius 1 is 0.857 bits per heavy atom. The van der Waals surface area contributed by atoms with Gasteiger partial charge in [-0.2, -0.15) is 19.9 Å². The molecule has 14 nitrogen and oxygen atoms in total. The first kappa shape index (κ1) is 26.3. The molecule has 2 aliphatic rings. The van der Waals surface area contributed by atoms with Gasteiger partial charge < -0.3 is 41.4 Å². The molecule has 2 aliphatic heterocycles. The van der Waals surface area contributed by atoms with Gasteiger partial charge in [-0.1, -0.05) is 0 Å². The molecule has 35 heavy (non-hydrogen) atoms. The molecular weight excluding hydrogens is 524 g/mol. The Hall–Kier alpha value is -3.30.